The summed E-state index contributed by atoms with van der Waals surface area (Å²) in [4.78, 5) is 12.6. The molecule has 0 spiro atoms. The van der Waals surface area contributed by atoms with Crippen LogP contribution in [0.2, 0.25) is 0 Å². The lowest BCUT2D eigenvalue weighted by Crippen LogP contribution is -2.33. The smallest absolute Gasteiger partial charge is 0.319 e. The zero-order chi connectivity index (χ0) is 17.9. The van der Waals surface area contributed by atoms with Gasteiger partial charge in [0.1, 0.15) is 0 Å². The van der Waals surface area contributed by atoms with E-state index in [0.29, 0.717) is 11.8 Å². The van der Waals surface area contributed by atoms with Gasteiger partial charge in [-0.15, -0.1) is 10.2 Å². The number of anilines is 1. The predicted molar refractivity (Wildman–Crippen MR) is 98.5 cm³/mol. The molecule has 1 aliphatic rings. The number of amides is 2. The summed E-state index contributed by atoms with van der Waals surface area (Å²) < 4.78 is 5.23. The van der Waals surface area contributed by atoms with Crippen molar-refractivity contribution in [2.75, 3.05) is 5.32 Å². The Kier molecular flexibility index (Phi) is 4.39. The molecule has 2 N–H and O–H groups in total. The summed E-state index contributed by atoms with van der Waals surface area (Å²) in [5.41, 5.74) is 3.60. The highest BCUT2D eigenvalue weighted by Crippen LogP contribution is 2.41. The largest absolute Gasteiger partial charge is 0.423 e. The molecule has 26 heavy (non-hydrogen) atoms. The van der Waals surface area contributed by atoms with Crippen molar-refractivity contribution in [1.82, 2.24) is 15.5 Å². The highest BCUT2D eigenvalue weighted by atomic mass is 16.4. The maximum absolute atomic E-state index is 12.6. The number of nitrogens with zero attached hydrogens (tertiary/aromatic N) is 2. The van der Waals surface area contributed by atoms with Crippen molar-refractivity contribution in [2.45, 2.75) is 25.8 Å². The molecule has 2 aromatic carbocycles. The third kappa shape index (κ3) is 3.59. The molecule has 0 aliphatic heterocycles. The van der Waals surface area contributed by atoms with Gasteiger partial charge in [0.05, 0.1) is 6.04 Å². The van der Waals surface area contributed by atoms with Crippen LogP contribution in [0, 0.1) is 12.8 Å². The predicted octanol–water partition coefficient (Wildman–Crippen LogP) is 4.32. The maximum atomic E-state index is 12.6. The average molecular weight is 348 g/mol. The lowest BCUT2D eigenvalue weighted by atomic mass is 10.0. The van der Waals surface area contributed by atoms with Crippen molar-refractivity contribution in [3.63, 3.8) is 0 Å². The van der Waals surface area contributed by atoms with Crippen LogP contribution in [-0.4, -0.2) is 16.2 Å². The lowest BCUT2D eigenvalue weighted by molar-refractivity contribution is 0.247. The SMILES string of the molecule is Cc1ccc(-c2nnco2)cc1NC(=O)N[C@H](c1ccccc1)C1CC1. The summed E-state index contributed by atoms with van der Waals surface area (Å²) in [6.45, 7) is 1.95. The fourth-order valence-corrected chi connectivity index (χ4v) is 3.05. The molecule has 4 rings (SSSR count). The summed E-state index contributed by atoms with van der Waals surface area (Å²) in [6.07, 6.45) is 3.58. The molecular weight excluding hydrogens is 328 g/mol. The van der Waals surface area contributed by atoms with Gasteiger partial charge in [0, 0.05) is 11.3 Å². The Bertz CT molecular complexity index is 889. The first kappa shape index (κ1) is 16.3. The Labute approximate surface area is 151 Å². The summed E-state index contributed by atoms with van der Waals surface area (Å²) in [6, 6.07) is 15.6. The summed E-state index contributed by atoms with van der Waals surface area (Å²) in [5.74, 6) is 0.933. The molecule has 0 bridgehead atoms. The van der Waals surface area contributed by atoms with Crippen LogP contribution in [-0.2, 0) is 0 Å². The minimum Gasteiger partial charge on any atom is -0.423 e. The maximum Gasteiger partial charge on any atom is 0.319 e. The number of rotatable bonds is 5. The van der Waals surface area contributed by atoms with E-state index in [4.69, 9.17) is 4.42 Å². The topological polar surface area (TPSA) is 80.1 Å². The van der Waals surface area contributed by atoms with Crippen molar-refractivity contribution in [1.29, 1.82) is 0 Å². The van der Waals surface area contributed by atoms with Crippen LogP contribution in [0.5, 0.6) is 0 Å². The van der Waals surface area contributed by atoms with Crippen LogP contribution in [0.1, 0.15) is 30.0 Å². The van der Waals surface area contributed by atoms with Gasteiger partial charge in [0.15, 0.2) is 0 Å². The number of hydrogen-bond acceptors (Lipinski definition) is 4. The van der Waals surface area contributed by atoms with Gasteiger partial charge in [-0.2, -0.15) is 0 Å². The van der Waals surface area contributed by atoms with Gasteiger partial charge in [-0.3, -0.25) is 0 Å². The number of nitrogens with one attached hydrogen (secondary N) is 2. The standard InChI is InChI=1S/C20H20N4O2/c1-13-7-8-16(19-24-21-12-26-19)11-17(13)22-20(25)23-18(15-9-10-15)14-5-3-2-4-6-14/h2-8,11-12,15,18H,9-10H2,1H3,(H2,22,23,25)/t18-/m1/s1. The van der Waals surface area contributed by atoms with Crippen molar-refractivity contribution in [2.24, 2.45) is 5.92 Å². The molecule has 1 saturated carbocycles. The molecule has 1 aromatic heterocycles. The van der Waals surface area contributed by atoms with E-state index >= 15 is 0 Å². The summed E-state index contributed by atoms with van der Waals surface area (Å²) in [7, 11) is 0. The number of carbonyl (C=O) groups is 1. The Hall–Kier alpha value is -3.15. The second kappa shape index (κ2) is 7.00. The van der Waals surface area contributed by atoms with Crippen molar-refractivity contribution in [3.8, 4) is 11.5 Å². The molecule has 1 atom stereocenters. The minimum absolute atomic E-state index is 0.0376. The van der Waals surface area contributed by atoms with Gasteiger partial charge in [-0.1, -0.05) is 36.4 Å². The molecule has 1 aliphatic carbocycles. The molecule has 0 unspecified atom stereocenters. The van der Waals surface area contributed by atoms with E-state index in [-0.39, 0.29) is 12.1 Å². The van der Waals surface area contributed by atoms with Gasteiger partial charge >= 0.3 is 6.03 Å². The number of benzene rings is 2. The van der Waals surface area contributed by atoms with Crippen molar-refractivity contribution < 1.29 is 9.21 Å². The van der Waals surface area contributed by atoms with Gasteiger partial charge < -0.3 is 15.1 Å². The molecule has 6 heteroatoms. The first-order chi connectivity index (χ1) is 12.7. The normalized spacial score (nSPS) is 14.7. The highest BCUT2D eigenvalue weighted by Gasteiger charge is 2.33. The van der Waals surface area contributed by atoms with Crippen molar-refractivity contribution >= 4 is 11.7 Å². The van der Waals surface area contributed by atoms with Gasteiger partial charge in [0.25, 0.3) is 0 Å². The van der Waals surface area contributed by atoms with Crippen LogP contribution >= 0.6 is 0 Å². The average Bonchev–Trinajstić information content (AvgIpc) is 3.35. The quantitative estimate of drug-likeness (QED) is 0.720. The summed E-state index contributed by atoms with van der Waals surface area (Å²) in [5, 5.41) is 13.7. The van der Waals surface area contributed by atoms with Gasteiger partial charge in [-0.25, -0.2) is 4.79 Å². The van der Waals surface area contributed by atoms with E-state index in [2.05, 4.69) is 33.0 Å². The number of carbonyl (C=O) groups excluding carboxylic acids is 1. The Balaban J connectivity index is 1.50. The van der Waals surface area contributed by atoms with Crippen LogP contribution in [0.3, 0.4) is 0 Å². The van der Waals surface area contributed by atoms with E-state index in [0.717, 1.165) is 35.2 Å². The molecule has 1 fully saturated rings. The van der Waals surface area contributed by atoms with E-state index in [1.807, 2.05) is 43.3 Å². The monoisotopic (exact) mass is 348 g/mol. The first-order valence-corrected chi connectivity index (χ1v) is 8.70. The third-order valence-electron chi connectivity index (χ3n) is 4.63. The van der Waals surface area contributed by atoms with E-state index in [1.54, 1.807) is 0 Å². The lowest BCUT2D eigenvalue weighted by Gasteiger charge is -2.20. The number of aromatic nitrogens is 2. The minimum atomic E-state index is -0.212. The van der Waals surface area contributed by atoms with Crippen molar-refractivity contribution in [3.05, 3.63) is 66.1 Å². The Morgan fingerprint density at radius 1 is 1.19 bits per heavy atom. The number of hydrogen-bond donors (Lipinski definition) is 2. The second-order valence-corrected chi connectivity index (χ2v) is 6.60. The van der Waals surface area contributed by atoms with Crippen LogP contribution < -0.4 is 10.6 Å². The van der Waals surface area contributed by atoms with Crippen LogP contribution in [0.25, 0.3) is 11.5 Å². The van der Waals surface area contributed by atoms with Crippen LogP contribution in [0.4, 0.5) is 10.5 Å². The molecule has 6 nitrogen and oxygen atoms in total. The molecule has 132 valence electrons. The second-order valence-electron chi connectivity index (χ2n) is 6.60. The Morgan fingerprint density at radius 2 is 2.00 bits per heavy atom. The zero-order valence-corrected chi connectivity index (χ0v) is 14.5. The molecule has 0 saturated heterocycles. The fourth-order valence-electron chi connectivity index (χ4n) is 3.05. The molecule has 0 radical (unpaired) electrons. The molecule has 2 amide bonds. The van der Waals surface area contributed by atoms with Gasteiger partial charge in [-0.05, 0) is 48.9 Å². The number of urea groups is 1. The third-order valence-corrected chi connectivity index (χ3v) is 4.63. The molecule has 3 aromatic rings. The first-order valence-electron chi connectivity index (χ1n) is 8.70. The van der Waals surface area contributed by atoms with E-state index in [1.165, 1.54) is 6.39 Å². The summed E-state index contributed by atoms with van der Waals surface area (Å²) >= 11 is 0. The number of aryl methyl sites for hydroxylation is 1. The fraction of sp³-hybridized carbons (Fsp3) is 0.250. The van der Waals surface area contributed by atoms with E-state index < -0.39 is 0 Å². The zero-order valence-electron chi connectivity index (χ0n) is 14.5. The highest BCUT2D eigenvalue weighted by molar-refractivity contribution is 5.91. The van der Waals surface area contributed by atoms with E-state index in [9.17, 15) is 4.79 Å². The van der Waals surface area contributed by atoms with Crippen LogP contribution in [0.15, 0.2) is 59.3 Å². The molecule has 1 heterocycles. The Morgan fingerprint density at radius 3 is 2.69 bits per heavy atom. The van der Waals surface area contributed by atoms with Gasteiger partial charge in [0.2, 0.25) is 12.3 Å². The molecular formula is C20H20N4O2.